The Morgan fingerprint density at radius 2 is 2.00 bits per heavy atom. The number of aromatic nitrogens is 2. The van der Waals surface area contributed by atoms with Crippen molar-refractivity contribution >= 4 is 47.1 Å². The molecule has 1 aliphatic rings. The molecular formula is C20H23Cl2FN4OS. The van der Waals surface area contributed by atoms with Crippen molar-refractivity contribution in [1.29, 1.82) is 0 Å². The minimum Gasteiger partial charge on any atom is -0.380 e. The van der Waals surface area contributed by atoms with Gasteiger partial charge in [0.05, 0.1) is 18.1 Å². The summed E-state index contributed by atoms with van der Waals surface area (Å²) in [6, 6.07) is 12.4. The number of hydrogen-bond acceptors (Lipinski definition) is 6. The van der Waals surface area contributed by atoms with Crippen molar-refractivity contribution in [3.63, 3.8) is 0 Å². The molecule has 0 aliphatic carbocycles. The largest absolute Gasteiger partial charge is 0.380 e. The Morgan fingerprint density at radius 1 is 1.17 bits per heavy atom. The van der Waals surface area contributed by atoms with Gasteiger partial charge in [0.25, 0.3) is 0 Å². The molecule has 1 unspecified atom stereocenters. The number of anilines is 2. The maximum absolute atomic E-state index is 13.1. The summed E-state index contributed by atoms with van der Waals surface area (Å²) in [5.41, 5.74) is 1.98. The molecule has 4 rings (SSSR count). The zero-order valence-electron chi connectivity index (χ0n) is 15.6. The normalized spacial score (nSPS) is 16.2. The number of pyridine rings is 1. The first-order chi connectivity index (χ1) is 13.3. The molecule has 9 heteroatoms. The third-order valence-electron chi connectivity index (χ3n) is 4.38. The Balaban J connectivity index is 0.00000150. The van der Waals surface area contributed by atoms with Crippen LogP contribution < -0.4 is 10.6 Å². The molecule has 5 nitrogen and oxygen atoms in total. The molecular weight excluding hydrogens is 434 g/mol. The van der Waals surface area contributed by atoms with Crippen LogP contribution in [0.4, 0.5) is 15.3 Å². The van der Waals surface area contributed by atoms with E-state index in [1.54, 1.807) is 18.3 Å². The van der Waals surface area contributed by atoms with Crippen LogP contribution in [0.15, 0.2) is 48.7 Å². The van der Waals surface area contributed by atoms with Crippen LogP contribution in [-0.4, -0.2) is 36.3 Å². The second-order valence-corrected chi connectivity index (χ2v) is 7.56. The molecule has 0 saturated carbocycles. The molecule has 156 valence electrons. The Labute approximate surface area is 185 Å². The average Bonchev–Trinajstić information content (AvgIpc) is 2.98. The van der Waals surface area contributed by atoms with Crippen molar-refractivity contribution in [2.75, 3.05) is 31.6 Å². The van der Waals surface area contributed by atoms with Crippen LogP contribution in [0.2, 0.25) is 0 Å². The van der Waals surface area contributed by atoms with Crippen molar-refractivity contribution in [2.24, 2.45) is 5.92 Å². The van der Waals surface area contributed by atoms with Crippen molar-refractivity contribution < 1.29 is 9.13 Å². The van der Waals surface area contributed by atoms with E-state index in [2.05, 4.69) is 15.6 Å². The van der Waals surface area contributed by atoms with Crippen LogP contribution in [0.3, 0.4) is 0 Å². The maximum atomic E-state index is 13.1. The topological polar surface area (TPSA) is 59.1 Å². The van der Waals surface area contributed by atoms with Crippen LogP contribution in [0.1, 0.15) is 5.69 Å². The summed E-state index contributed by atoms with van der Waals surface area (Å²) in [6.07, 6.45) is 2.67. The molecule has 1 atom stereocenters. The lowest BCUT2D eigenvalue weighted by Gasteiger charge is -2.13. The van der Waals surface area contributed by atoms with E-state index < -0.39 is 0 Å². The molecule has 1 saturated heterocycles. The predicted molar refractivity (Wildman–Crippen MR) is 120 cm³/mol. The fraction of sp³-hybridized carbons (Fsp3) is 0.300. The fourth-order valence-corrected chi connectivity index (χ4v) is 3.87. The van der Waals surface area contributed by atoms with Crippen LogP contribution in [0.25, 0.3) is 10.4 Å². The lowest BCUT2D eigenvalue weighted by molar-refractivity contribution is 0.123. The van der Waals surface area contributed by atoms with Gasteiger partial charge in [0.2, 0.25) is 0 Å². The summed E-state index contributed by atoms with van der Waals surface area (Å²) in [6.45, 7) is 3.39. The van der Waals surface area contributed by atoms with E-state index in [0.717, 1.165) is 59.8 Å². The van der Waals surface area contributed by atoms with Gasteiger partial charge in [-0.3, -0.25) is 0 Å². The molecule has 3 heterocycles. The molecule has 0 radical (unpaired) electrons. The van der Waals surface area contributed by atoms with Crippen molar-refractivity contribution in [3.05, 3.63) is 60.2 Å². The van der Waals surface area contributed by atoms with E-state index in [4.69, 9.17) is 9.72 Å². The third-order valence-corrected chi connectivity index (χ3v) is 5.35. The number of rotatable bonds is 5. The quantitative estimate of drug-likeness (QED) is 0.581. The lowest BCUT2D eigenvalue weighted by Crippen LogP contribution is -2.24. The number of nitrogens with zero attached hydrogens (tertiary/aromatic N) is 2. The fourth-order valence-electron chi connectivity index (χ4n) is 3.04. The van der Waals surface area contributed by atoms with Crippen LogP contribution in [0, 0.1) is 11.7 Å². The zero-order valence-corrected chi connectivity index (χ0v) is 18.1. The lowest BCUT2D eigenvalue weighted by atomic mass is 10.0. The van der Waals surface area contributed by atoms with Crippen LogP contribution in [-0.2, 0) is 11.2 Å². The number of benzene rings is 1. The van der Waals surface area contributed by atoms with Gasteiger partial charge in [-0.05, 0) is 36.2 Å². The highest BCUT2D eigenvalue weighted by Gasteiger charge is 2.14. The van der Waals surface area contributed by atoms with Gasteiger partial charge in [0.15, 0.2) is 5.13 Å². The summed E-state index contributed by atoms with van der Waals surface area (Å²) >= 11 is 1.52. The number of ether oxygens (including phenoxy) is 1. The van der Waals surface area contributed by atoms with Gasteiger partial charge in [-0.2, -0.15) is 0 Å². The summed E-state index contributed by atoms with van der Waals surface area (Å²) in [5.74, 6) is 0.965. The van der Waals surface area contributed by atoms with Crippen molar-refractivity contribution in [2.45, 2.75) is 6.42 Å². The summed E-state index contributed by atoms with van der Waals surface area (Å²) in [4.78, 5) is 10.1. The van der Waals surface area contributed by atoms with E-state index in [1.807, 2.05) is 18.2 Å². The van der Waals surface area contributed by atoms with Gasteiger partial charge < -0.3 is 15.4 Å². The monoisotopic (exact) mass is 456 g/mol. The van der Waals surface area contributed by atoms with E-state index in [9.17, 15) is 4.39 Å². The highest BCUT2D eigenvalue weighted by atomic mass is 35.5. The molecule has 1 aliphatic heterocycles. The standard InChI is InChI=1S/C20H21FN4OS.2ClH/c21-16-6-4-15(5-7-16)18-12-23-20(27-18)25-19-3-1-2-17(24-19)10-14-11-22-8-9-26-13-14;;/h1-7,12,14,22H,8-11,13H2,(H,23,24,25);2*1H. The van der Waals surface area contributed by atoms with Gasteiger partial charge in [-0.25, -0.2) is 14.4 Å². The summed E-state index contributed by atoms with van der Waals surface area (Å²) in [7, 11) is 0. The summed E-state index contributed by atoms with van der Waals surface area (Å²) in [5, 5.41) is 7.43. The van der Waals surface area contributed by atoms with E-state index in [-0.39, 0.29) is 30.6 Å². The first-order valence-corrected chi connectivity index (χ1v) is 9.81. The van der Waals surface area contributed by atoms with Crippen molar-refractivity contribution in [3.8, 4) is 10.4 Å². The van der Waals surface area contributed by atoms with Gasteiger partial charge in [0, 0.05) is 30.9 Å². The molecule has 1 fully saturated rings. The summed E-state index contributed by atoms with van der Waals surface area (Å²) < 4.78 is 18.7. The Kier molecular flexibility index (Phi) is 9.26. The van der Waals surface area contributed by atoms with Crippen molar-refractivity contribution in [1.82, 2.24) is 15.3 Å². The Hall–Kier alpha value is -1.77. The number of nitrogens with one attached hydrogen (secondary N) is 2. The minimum atomic E-state index is -0.239. The second kappa shape index (κ2) is 11.4. The molecule has 0 spiro atoms. The molecule has 0 amide bonds. The number of hydrogen-bond donors (Lipinski definition) is 2. The first kappa shape index (κ1) is 23.5. The third kappa shape index (κ3) is 6.62. The molecule has 2 N–H and O–H groups in total. The molecule has 2 aromatic heterocycles. The smallest absolute Gasteiger partial charge is 0.188 e. The Morgan fingerprint density at radius 3 is 2.83 bits per heavy atom. The zero-order chi connectivity index (χ0) is 18.5. The van der Waals surface area contributed by atoms with E-state index >= 15 is 0 Å². The maximum Gasteiger partial charge on any atom is 0.188 e. The first-order valence-electron chi connectivity index (χ1n) is 8.99. The van der Waals surface area contributed by atoms with E-state index in [1.165, 1.54) is 23.5 Å². The molecule has 1 aromatic carbocycles. The predicted octanol–water partition coefficient (Wildman–Crippen LogP) is 4.71. The molecule has 3 aromatic rings. The number of halogens is 3. The van der Waals surface area contributed by atoms with E-state index in [0.29, 0.717) is 5.92 Å². The van der Waals surface area contributed by atoms with Gasteiger partial charge in [-0.1, -0.05) is 29.5 Å². The van der Waals surface area contributed by atoms with Gasteiger partial charge >= 0.3 is 0 Å². The van der Waals surface area contributed by atoms with Crippen LogP contribution >= 0.6 is 36.2 Å². The van der Waals surface area contributed by atoms with Gasteiger partial charge in [-0.15, -0.1) is 24.8 Å². The SMILES string of the molecule is Cl.Cl.Fc1ccc(-c2cnc(Nc3cccc(CC4CNCCOC4)n3)s2)cc1. The van der Waals surface area contributed by atoms with Crippen LogP contribution in [0.5, 0.6) is 0 Å². The minimum absolute atomic E-state index is 0. The highest BCUT2D eigenvalue weighted by molar-refractivity contribution is 7.18. The highest BCUT2D eigenvalue weighted by Crippen LogP contribution is 2.30. The number of thiazole rings is 1. The second-order valence-electron chi connectivity index (χ2n) is 6.52. The molecule has 0 bridgehead atoms. The van der Waals surface area contributed by atoms with Gasteiger partial charge in [0.1, 0.15) is 11.6 Å². The average molecular weight is 457 g/mol. The Bertz CT molecular complexity index is 886. The molecule has 29 heavy (non-hydrogen) atoms.